The number of aryl methyl sites for hydroxylation is 1. The van der Waals surface area contributed by atoms with Crippen molar-refractivity contribution in [2.75, 3.05) is 12.3 Å². The molecule has 5 nitrogen and oxygen atoms in total. The molecule has 1 amide bonds. The Bertz CT molecular complexity index is 674. The van der Waals surface area contributed by atoms with Gasteiger partial charge in [0.25, 0.3) is 5.91 Å². The summed E-state index contributed by atoms with van der Waals surface area (Å²) in [6.07, 6.45) is 1.47. The Morgan fingerprint density at radius 3 is 2.65 bits per heavy atom. The highest BCUT2D eigenvalue weighted by Gasteiger charge is 2.10. The summed E-state index contributed by atoms with van der Waals surface area (Å²) in [6.45, 7) is 2.39. The standard InChI is InChI=1S/C15H16ClN3O2S2/c1-10-13(6-8-21-10)14(20)18-19-15(22)17-7-9-23-12-4-2-11(16)3-5-12/h2-6,8H,7,9H2,1H3,(H,18,20)(H2,17,19,22). The number of benzene rings is 1. The first-order valence-electron chi connectivity index (χ1n) is 6.83. The van der Waals surface area contributed by atoms with E-state index < -0.39 is 0 Å². The molecule has 0 bridgehead atoms. The van der Waals surface area contributed by atoms with E-state index in [2.05, 4.69) is 16.2 Å². The zero-order valence-electron chi connectivity index (χ0n) is 12.4. The number of thioether (sulfide) groups is 1. The SMILES string of the molecule is Cc1occc1C(=O)NNC(=S)NCCSc1ccc(Cl)cc1. The van der Waals surface area contributed by atoms with Crippen molar-refractivity contribution in [3.63, 3.8) is 0 Å². The molecule has 0 aliphatic heterocycles. The van der Waals surface area contributed by atoms with Crippen LogP contribution in [0.1, 0.15) is 16.1 Å². The van der Waals surface area contributed by atoms with E-state index in [0.29, 0.717) is 23.0 Å². The molecule has 122 valence electrons. The van der Waals surface area contributed by atoms with Crippen LogP contribution in [0.2, 0.25) is 5.02 Å². The fourth-order valence-electron chi connectivity index (χ4n) is 1.71. The molecule has 0 fully saturated rings. The highest BCUT2D eigenvalue weighted by molar-refractivity contribution is 7.99. The summed E-state index contributed by atoms with van der Waals surface area (Å²) in [5.74, 6) is 1.09. The van der Waals surface area contributed by atoms with E-state index in [1.165, 1.54) is 6.26 Å². The second-order valence-corrected chi connectivity index (χ2v) is 6.54. The van der Waals surface area contributed by atoms with E-state index in [1.54, 1.807) is 24.8 Å². The van der Waals surface area contributed by atoms with E-state index in [9.17, 15) is 4.79 Å². The molecule has 1 aromatic carbocycles. The van der Waals surface area contributed by atoms with Crippen LogP contribution < -0.4 is 16.2 Å². The molecule has 1 aromatic heterocycles. The van der Waals surface area contributed by atoms with Crippen molar-refractivity contribution in [1.29, 1.82) is 0 Å². The zero-order valence-corrected chi connectivity index (χ0v) is 14.8. The smallest absolute Gasteiger partial charge is 0.273 e. The Morgan fingerprint density at radius 2 is 2.00 bits per heavy atom. The predicted molar refractivity (Wildman–Crippen MR) is 96.8 cm³/mol. The van der Waals surface area contributed by atoms with Gasteiger partial charge in [0.2, 0.25) is 0 Å². The Hall–Kier alpha value is -1.70. The summed E-state index contributed by atoms with van der Waals surface area (Å²) in [5.41, 5.74) is 5.64. The minimum atomic E-state index is -0.295. The molecule has 0 spiro atoms. The molecular formula is C15H16ClN3O2S2. The van der Waals surface area contributed by atoms with Crippen molar-refractivity contribution in [1.82, 2.24) is 16.2 Å². The number of halogens is 1. The van der Waals surface area contributed by atoms with E-state index in [1.807, 2.05) is 24.3 Å². The van der Waals surface area contributed by atoms with Crippen molar-refractivity contribution in [2.24, 2.45) is 0 Å². The maximum absolute atomic E-state index is 11.8. The molecule has 0 aliphatic carbocycles. The summed E-state index contributed by atoms with van der Waals surface area (Å²) in [4.78, 5) is 13.0. The van der Waals surface area contributed by atoms with Gasteiger partial charge >= 0.3 is 0 Å². The van der Waals surface area contributed by atoms with Gasteiger partial charge in [0.05, 0.1) is 11.8 Å². The summed E-state index contributed by atoms with van der Waals surface area (Å²) < 4.78 is 5.07. The number of hydrogen-bond donors (Lipinski definition) is 3. The average Bonchev–Trinajstić information content (AvgIpc) is 2.97. The highest BCUT2D eigenvalue weighted by Crippen LogP contribution is 2.19. The number of thiocarbonyl (C=S) groups is 1. The Kier molecular flexibility index (Phi) is 6.76. The lowest BCUT2D eigenvalue weighted by Gasteiger charge is -2.11. The molecule has 0 unspecified atom stereocenters. The summed E-state index contributed by atoms with van der Waals surface area (Å²) in [7, 11) is 0. The van der Waals surface area contributed by atoms with Crippen LogP contribution in [0, 0.1) is 6.92 Å². The quantitative estimate of drug-likeness (QED) is 0.325. The molecule has 0 radical (unpaired) electrons. The third kappa shape index (κ3) is 5.78. The van der Waals surface area contributed by atoms with Gasteiger partial charge in [-0.05, 0) is 49.5 Å². The lowest BCUT2D eigenvalue weighted by atomic mass is 10.2. The second-order valence-electron chi connectivity index (χ2n) is 4.53. The highest BCUT2D eigenvalue weighted by atomic mass is 35.5. The van der Waals surface area contributed by atoms with Gasteiger partial charge in [0.15, 0.2) is 5.11 Å². The molecule has 0 saturated carbocycles. The van der Waals surface area contributed by atoms with Crippen LogP contribution >= 0.6 is 35.6 Å². The van der Waals surface area contributed by atoms with Crippen LogP contribution in [0.3, 0.4) is 0 Å². The molecule has 3 N–H and O–H groups in total. The Balaban J connectivity index is 1.62. The molecule has 2 rings (SSSR count). The lowest BCUT2D eigenvalue weighted by molar-refractivity contribution is 0.0942. The van der Waals surface area contributed by atoms with Crippen molar-refractivity contribution >= 4 is 46.6 Å². The van der Waals surface area contributed by atoms with Gasteiger partial charge in [0.1, 0.15) is 5.76 Å². The van der Waals surface area contributed by atoms with E-state index in [0.717, 1.165) is 15.7 Å². The zero-order chi connectivity index (χ0) is 16.7. The summed E-state index contributed by atoms with van der Waals surface area (Å²) in [6, 6.07) is 9.26. The molecule has 0 saturated heterocycles. The van der Waals surface area contributed by atoms with Gasteiger partial charge in [-0.15, -0.1) is 11.8 Å². The number of furan rings is 1. The van der Waals surface area contributed by atoms with Gasteiger partial charge in [-0.2, -0.15) is 0 Å². The number of hydrogen-bond acceptors (Lipinski definition) is 4. The average molecular weight is 370 g/mol. The van der Waals surface area contributed by atoms with Crippen LogP contribution in [0.5, 0.6) is 0 Å². The minimum Gasteiger partial charge on any atom is -0.469 e. The molecule has 0 aliphatic rings. The first-order valence-corrected chi connectivity index (χ1v) is 8.60. The number of carbonyl (C=O) groups excluding carboxylic acids is 1. The molecule has 2 aromatic rings. The first-order chi connectivity index (χ1) is 11.1. The first kappa shape index (κ1) is 17.7. The number of amides is 1. The van der Waals surface area contributed by atoms with Crippen LogP contribution in [-0.2, 0) is 0 Å². The number of carbonyl (C=O) groups is 1. The molecule has 1 heterocycles. The largest absolute Gasteiger partial charge is 0.469 e. The van der Waals surface area contributed by atoms with Gasteiger partial charge in [0, 0.05) is 22.2 Å². The third-order valence-corrected chi connectivity index (χ3v) is 4.38. The maximum Gasteiger partial charge on any atom is 0.273 e. The number of rotatable bonds is 5. The predicted octanol–water partition coefficient (Wildman–Crippen LogP) is 3.14. The molecule has 0 atom stereocenters. The summed E-state index contributed by atoms with van der Waals surface area (Å²) >= 11 is 12.6. The van der Waals surface area contributed by atoms with Crippen LogP contribution in [0.4, 0.5) is 0 Å². The summed E-state index contributed by atoms with van der Waals surface area (Å²) in [5, 5.41) is 4.10. The topological polar surface area (TPSA) is 66.3 Å². The fourth-order valence-corrected chi connectivity index (χ4v) is 2.76. The number of hydrazine groups is 1. The Labute approximate surface area is 149 Å². The lowest BCUT2D eigenvalue weighted by Crippen LogP contribution is -2.47. The van der Waals surface area contributed by atoms with Crippen molar-refractivity contribution < 1.29 is 9.21 Å². The molecular weight excluding hydrogens is 354 g/mol. The van der Waals surface area contributed by atoms with Crippen LogP contribution in [0.15, 0.2) is 45.9 Å². The van der Waals surface area contributed by atoms with E-state index >= 15 is 0 Å². The Morgan fingerprint density at radius 1 is 1.26 bits per heavy atom. The molecule has 23 heavy (non-hydrogen) atoms. The normalized spacial score (nSPS) is 10.2. The van der Waals surface area contributed by atoms with Gasteiger partial charge in [-0.25, -0.2) is 0 Å². The van der Waals surface area contributed by atoms with E-state index in [4.69, 9.17) is 28.2 Å². The number of nitrogens with one attached hydrogen (secondary N) is 3. The fraction of sp³-hybridized carbons (Fsp3) is 0.200. The minimum absolute atomic E-state index is 0.295. The van der Waals surface area contributed by atoms with Gasteiger partial charge in [-0.3, -0.25) is 15.6 Å². The van der Waals surface area contributed by atoms with Crippen molar-refractivity contribution in [3.05, 3.63) is 52.9 Å². The van der Waals surface area contributed by atoms with Gasteiger partial charge in [-0.1, -0.05) is 11.6 Å². The van der Waals surface area contributed by atoms with Crippen LogP contribution in [0.25, 0.3) is 0 Å². The monoisotopic (exact) mass is 369 g/mol. The van der Waals surface area contributed by atoms with E-state index in [-0.39, 0.29) is 5.91 Å². The van der Waals surface area contributed by atoms with Crippen molar-refractivity contribution in [2.45, 2.75) is 11.8 Å². The van der Waals surface area contributed by atoms with Crippen LogP contribution in [-0.4, -0.2) is 23.3 Å². The molecule has 8 heteroatoms. The van der Waals surface area contributed by atoms with Crippen molar-refractivity contribution in [3.8, 4) is 0 Å². The second kappa shape index (κ2) is 8.81. The maximum atomic E-state index is 11.8. The van der Waals surface area contributed by atoms with Gasteiger partial charge < -0.3 is 9.73 Å². The third-order valence-electron chi connectivity index (χ3n) is 2.86.